The molecule has 9 aromatic rings. The van der Waals surface area contributed by atoms with E-state index in [2.05, 4.69) is 255 Å². The molecule has 364 valence electrons. The number of hydrogen-bond donors (Lipinski definition) is 0. The van der Waals surface area contributed by atoms with Crippen LogP contribution < -0.4 is 31.1 Å². The second-order valence-corrected chi connectivity index (χ2v) is 25.5. The van der Waals surface area contributed by atoms with Gasteiger partial charge >= 0.3 is 0 Å². The Bertz CT molecular complexity index is 3660. The van der Waals surface area contributed by atoms with Gasteiger partial charge in [-0.25, -0.2) is 0 Å². The molecule has 0 N–H and O–H groups in total. The quantitative estimate of drug-likeness (QED) is 0.160. The van der Waals surface area contributed by atoms with E-state index < -0.39 is 0 Å². The Hall–Kier alpha value is -6.98. The molecule has 0 bridgehead atoms. The first-order valence-electron chi connectivity index (χ1n) is 26.9. The third kappa shape index (κ3) is 7.08. The predicted molar refractivity (Wildman–Crippen MR) is 312 cm³/mol. The number of anilines is 9. The zero-order valence-electron chi connectivity index (χ0n) is 44.7. The molecule has 0 atom stereocenters. The van der Waals surface area contributed by atoms with Gasteiger partial charge in [0.2, 0.25) is 0 Å². The van der Waals surface area contributed by atoms with Crippen LogP contribution in [0.1, 0.15) is 130 Å². The molecular weight excluding hydrogens is 886 g/mol. The maximum Gasteiger partial charge on any atom is 0.252 e. The summed E-state index contributed by atoms with van der Waals surface area (Å²) in [7, 11) is 0. The normalized spacial score (nSPS) is 17.7. The molecule has 4 aliphatic rings. The molecule has 0 saturated heterocycles. The van der Waals surface area contributed by atoms with Crippen molar-refractivity contribution in [1.29, 1.82) is 0 Å². The van der Waals surface area contributed by atoms with E-state index in [1.807, 2.05) is 0 Å². The van der Waals surface area contributed by atoms with Crippen molar-refractivity contribution in [2.45, 2.75) is 129 Å². The van der Waals surface area contributed by atoms with Crippen molar-refractivity contribution in [3.8, 4) is 0 Å². The molecule has 0 radical (unpaired) electrons. The van der Waals surface area contributed by atoms with Crippen molar-refractivity contribution in [2.24, 2.45) is 0 Å². The van der Waals surface area contributed by atoms with Crippen molar-refractivity contribution in [1.82, 2.24) is 0 Å². The van der Waals surface area contributed by atoms with Crippen molar-refractivity contribution < 1.29 is 4.42 Å². The molecule has 3 heterocycles. The summed E-state index contributed by atoms with van der Waals surface area (Å²) in [4.78, 5) is 7.72. The molecule has 8 aromatic carbocycles. The monoisotopic (exact) mass is 954 g/mol. The number of hydrogen-bond acceptors (Lipinski definition) is 4. The number of furan rings is 1. The Morgan fingerprint density at radius 2 is 0.932 bits per heavy atom. The van der Waals surface area contributed by atoms with E-state index in [1.54, 1.807) is 0 Å². The first-order valence-corrected chi connectivity index (χ1v) is 26.9. The van der Waals surface area contributed by atoms with E-state index in [0.717, 1.165) is 64.0 Å². The molecule has 73 heavy (non-hydrogen) atoms. The lowest BCUT2D eigenvalue weighted by molar-refractivity contribution is 0.332. The van der Waals surface area contributed by atoms with Gasteiger partial charge in [-0.1, -0.05) is 149 Å². The molecule has 0 fully saturated rings. The van der Waals surface area contributed by atoms with Crippen LogP contribution in [0.5, 0.6) is 0 Å². The van der Waals surface area contributed by atoms with Crippen LogP contribution in [0.4, 0.5) is 51.2 Å². The second kappa shape index (κ2) is 15.8. The van der Waals surface area contributed by atoms with Gasteiger partial charge in [-0.05, 0) is 188 Å². The molecular formula is C68H68BN3O. The van der Waals surface area contributed by atoms with Crippen LogP contribution in [0, 0.1) is 0 Å². The minimum atomic E-state index is -0.160. The first-order chi connectivity index (χ1) is 34.8. The first kappa shape index (κ1) is 45.9. The van der Waals surface area contributed by atoms with Crippen LogP contribution in [0.2, 0.25) is 0 Å². The second-order valence-electron chi connectivity index (χ2n) is 25.5. The average Bonchev–Trinajstić information content (AvgIpc) is 3.75. The SMILES string of the molecule is CC(C)(C)c1cc2c3c(c1)N(c1ccc4c(c1)C(C)(C)CCC4(C)C)c1cc4c(cc1B3c1ccc(N(c3ccccc3)c3ccccc3)cc1N2c1ccc2oc3ccccc3c2c1)C(C)(C)CCC4(C)C. The molecule has 2 aliphatic heterocycles. The van der Waals surface area contributed by atoms with E-state index >= 15 is 0 Å². The van der Waals surface area contributed by atoms with Crippen molar-refractivity contribution in [3.05, 3.63) is 192 Å². The van der Waals surface area contributed by atoms with E-state index in [-0.39, 0.29) is 33.8 Å². The maximum atomic E-state index is 6.52. The van der Waals surface area contributed by atoms with Gasteiger partial charge in [0.05, 0.1) is 0 Å². The summed E-state index contributed by atoms with van der Waals surface area (Å²) in [6.07, 6.45) is 4.66. The minimum Gasteiger partial charge on any atom is -0.456 e. The summed E-state index contributed by atoms with van der Waals surface area (Å²) in [6.45, 7) is 26.9. The summed E-state index contributed by atoms with van der Waals surface area (Å²) < 4.78 is 6.52. The van der Waals surface area contributed by atoms with Crippen molar-refractivity contribution in [2.75, 3.05) is 14.7 Å². The predicted octanol–water partition coefficient (Wildman–Crippen LogP) is 17.1. The molecule has 1 aromatic heterocycles. The number of nitrogens with zero attached hydrogens (tertiary/aromatic N) is 3. The van der Waals surface area contributed by atoms with Gasteiger partial charge in [-0.3, -0.25) is 0 Å². The fraction of sp³-hybridized carbons (Fsp3) is 0.294. The molecule has 0 amide bonds. The third-order valence-electron chi connectivity index (χ3n) is 17.9. The number of para-hydroxylation sites is 3. The number of rotatable bonds is 5. The largest absolute Gasteiger partial charge is 0.456 e. The number of benzene rings is 8. The fourth-order valence-corrected chi connectivity index (χ4v) is 13.3. The van der Waals surface area contributed by atoms with Crippen LogP contribution in [-0.4, -0.2) is 6.71 Å². The Labute approximate surface area is 433 Å². The molecule has 5 heteroatoms. The average molecular weight is 954 g/mol. The topological polar surface area (TPSA) is 22.9 Å². The lowest BCUT2D eigenvalue weighted by Gasteiger charge is -2.48. The van der Waals surface area contributed by atoms with E-state index in [1.165, 1.54) is 79.1 Å². The molecule has 13 rings (SSSR count). The summed E-state index contributed by atoms with van der Waals surface area (Å²) in [5.74, 6) is 0. The third-order valence-corrected chi connectivity index (χ3v) is 17.9. The van der Waals surface area contributed by atoms with Gasteiger partial charge in [-0.15, -0.1) is 0 Å². The van der Waals surface area contributed by atoms with Crippen LogP contribution >= 0.6 is 0 Å². The van der Waals surface area contributed by atoms with Gasteiger partial charge in [0.15, 0.2) is 0 Å². The Kier molecular flexibility index (Phi) is 9.90. The van der Waals surface area contributed by atoms with E-state index in [9.17, 15) is 0 Å². The summed E-state index contributed by atoms with van der Waals surface area (Å²) >= 11 is 0. The van der Waals surface area contributed by atoms with Crippen LogP contribution in [0.3, 0.4) is 0 Å². The highest BCUT2D eigenvalue weighted by atomic mass is 16.3. The van der Waals surface area contributed by atoms with E-state index in [0.29, 0.717) is 0 Å². The van der Waals surface area contributed by atoms with Crippen molar-refractivity contribution in [3.63, 3.8) is 0 Å². The minimum absolute atomic E-state index is 0.0212. The zero-order valence-corrected chi connectivity index (χ0v) is 44.7. The highest BCUT2D eigenvalue weighted by Crippen LogP contribution is 2.54. The molecule has 0 saturated carbocycles. The maximum absolute atomic E-state index is 6.52. The van der Waals surface area contributed by atoms with Gasteiger partial charge < -0.3 is 19.1 Å². The molecule has 0 unspecified atom stereocenters. The molecule has 2 aliphatic carbocycles. The van der Waals surface area contributed by atoms with Crippen LogP contribution in [0.25, 0.3) is 21.9 Å². The van der Waals surface area contributed by atoms with Gasteiger partial charge in [0, 0.05) is 62.0 Å². The summed E-state index contributed by atoms with van der Waals surface area (Å²) in [5, 5.41) is 2.24. The zero-order chi connectivity index (χ0) is 50.6. The van der Waals surface area contributed by atoms with Gasteiger partial charge in [0.1, 0.15) is 11.2 Å². The van der Waals surface area contributed by atoms with Crippen molar-refractivity contribution >= 4 is 96.2 Å². The smallest absolute Gasteiger partial charge is 0.252 e. The fourth-order valence-electron chi connectivity index (χ4n) is 13.3. The molecule has 4 nitrogen and oxygen atoms in total. The summed E-state index contributed by atoms with van der Waals surface area (Å²) in [5.41, 5.74) is 23.8. The van der Waals surface area contributed by atoms with E-state index in [4.69, 9.17) is 4.42 Å². The Balaban J connectivity index is 1.16. The van der Waals surface area contributed by atoms with Gasteiger partial charge in [0.25, 0.3) is 6.71 Å². The summed E-state index contributed by atoms with van der Waals surface area (Å²) in [6, 6.07) is 62.3. The standard InChI is InChI=1S/C68H68BN3O/c1-64(2,3)43-36-59-63-60(37-43)72(47-26-29-51-52(39-47)66(6,7)33-32-65(51,4)5)58-42-54-53(67(8,9)34-35-68(54,10)11)41-56(58)69(63)55-30-27-48(70(44-20-14-12-15-21-44)45-22-16-13-17-23-45)40-57(55)71(59)46-28-31-62-50(38-46)49-24-18-19-25-61(49)73-62/h12-31,36-42H,32-35H2,1-11H3. The number of fused-ring (bicyclic) bond motifs is 9. The Morgan fingerprint density at radius 1 is 0.425 bits per heavy atom. The lowest BCUT2D eigenvalue weighted by atomic mass is 9.33. The molecule has 0 spiro atoms. The highest BCUT2D eigenvalue weighted by molar-refractivity contribution is 7.00. The highest BCUT2D eigenvalue weighted by Gasteiger charge is 2.48. The van der Waals surface area contributed by atoms with Crippen LogP contribution in [-0.2, 0) is 27.1 Å². The van der Waals surface area contributed by atoms with Gasteiger partial charge in [-0.2, -0.15) is 0 Å². The lowest BCUT2D eigenvalue weighted by Crippen LogP contribution is -2.62. The van der Waals surface area contributed by atoms with Crippen LogP contribution in [0.15, 0.2) is 168 Å². The Morgan fingerprint density at radius 3 is 1.55 bits per heavy atom.